The first-order chi connectivity index (χ1) is 12.9. The number of benzene rings is 2. The maximum Gasteiger partial charge on any atom is 0.262 e. The van der Waals surface area contributed by atoms with Crippen molar-refractivity contribution in [1.82, 2.24) is 5.32 Å². The highest BCUT2D eigenvalue weighted by Gasteiger charge is 2.14. The molecule has 0 spiro atoms. The summed E-state index contributed by atoms with van der Waals surface area (Å²) in [6.07, 6.45) is 1.48. The highest BCUT2D eigenvalue weighted by molar-refractivity contribution is 9.10. The molecule has 1 unspecified atom stereocenters. The van der Waals surface area contributed by atoms with Crippen molar-refractivity contribution in [3.8, 4) is 11.8 Å². The smallest absolute Gasteiger partial charge is 0.262 e. The van der Waals surface area contributed by atoms with Crippen LogP contribution < -0.4 is 15.8 Å². The number of nitriles is 1. The van der Waals surface area contributed by atoms with Crippen LogP contribution in [-0.4, -0.2) is 18.4 Å². The molecule has 27 heavy (non-hydrogen) atoms. The number of rotatable bonds is 7. The third-order valence-electron chi connectivity index (χ3n) is 3.65. The molecule has 2 aromatic carbocycles. The molecule has 2 aromatic rings. The molecule has 3 N–H and O–H groups in total. The molecule has 0 saturated heterocycles. The number of carbonyl (C=O) groups excluding carboxylic acids is 2. The Bertz CT molecular complexity index is 904. The summed E-state index contributed by atoms with van der Waals surface area (Å²) in [4.78, 5) is 23.2. The molecule has 0 aliphatic carbocycles. The van der Waals surface area contributed by atoms with Crippen LogP contribution in [-0.2, 0) is 9.59 Å². The lowest BCUT2D eigenvalue weighted by molar-refractivity contribution is -0.120. The van der Waals surface area contributed by atoms with Gasteiger partial charge in [-0.3, -0.25) is 9.59 Å². The standard InChI is InChI=1S/C20H18BrN3O3/c1-13(15-5-3-2-4-6-15)24-20(26)16(11-22)9-14-7-8-18(17(21)10-14)27-12-19(23)25/h2-10,13H,12H2,1H3,(H2,23,25)(H,24,26). The largest absolute Gasteiger partial charge is 0.483 e. The molecule has 0 aliphatic rings. The van der Waals surface area contributed by atoms with Gasteiger partial charge in [-0.25, -0.2) is 0 Å². The van der Waals surface area contributed by atoms with E-state index >= 15 is 0 Å². The molecule has 0 fully saturated rings. The molecule has 2 amide bonds. The van der Waals surface area contributed by atoms with Crippen LogP contribution in [0.4, 0.5) is 0 Å². The first-order valence-electron chi connectivity index (χ1n) is 8.09. The second kappa shape index (κ2) is 9.55. The van der Waals surface area contributed by atoms with Crippen molar-refractivity contribution >= 4 is 33.8 Å². The van der Waals surface area contributed by atoms with Crippen LogP contribution in [0.2, 0.25) is 0 Å². The first kappa shape index (κ1) is 20.2. The van der Waals surface area contributed by atoms with Gasteiger partial charge in [0.1, 0.15) is 17.4 Å². The molecule has 7 heteroatoms. The molecular weight excluding hydrogens is 410 g/mol. The topological polar surface area (TPSA) is 105 Å². The monoisotopic (exact) mass is 427 g/mol. The summed E-state index contributed by atoms with van der Waals surface area (Å²) < 4.78 is 5.82. The number of nitrogens with two attached hydrogens (primary N) is 1. The van der Waals surface area contributed by atoms with Gasteiger partial charge in [-0.05, 0) is 52.2 Å². The van der Waals surface area contributed by atoms with E-state index in [1.807, 2.05) is 43.3 Å². The van der Waals surface area contributed by atoms with Gasteiger partial charge in [0.2, 0.25) is 0 Å². The van der Waals surface area contributed by atoms with E-state index in [1.54, 1.807) is 18.2 Å². The fourth-order valence-electron chi connectivity index (χ4n) is 2.29. The fourth-order valence-corrected chi connectivity index (χ4v) is 2.80. The Balaban J connectivity index is 2.13. The van der Waals surface area contributed by atoms with Crippen molar-refractivity contribution in [2.45, 2.75) is 13.0 Å². The average Bonchev–Trinajstić information content (AvgIpc) is 2.65. The van der Waals surface area contributed by atoms with E-state index in [0.717, 1.165) is 5.56 Å². The van der Waals surface area contributed by atoms with Crippen molar-refractivity contribution < 1.29 is 14.3 Å². The van der Waals surface area contributed by atoms with Crippen LogP contribution >= 0.6 is 15.9 Å². The third kappa shape index (κ3) is 5.97. The Morgan fingerprint density at radius 2 is 2.00 bits per heavy atom. The fraction of sp³-hybridized carbons (Fsp3) is 0.150. The lowest BCUT2D eigenvalue weighted by Crippen LogP contribution is -2.27. The molecular formula is C20H18BrN3O3. The molecule has 0 saturated carbocycles. The highest BCUT2D eigenvalue weighted by Crippen LogP contribution is 2.27. The van der Waals surface area contributed by atoms with E-state index in [9.17, 15) is 14.9 Å². The number of ether oxygens (including phenoxy) is 1. The van der Waals surface area contributed by atoms with Gasteiger partial charge in [-0.2, -0.15) is 5.26 Å². The quantitative estimate of drug-likeness (QED) is 0.522. The van der Waals surface area contributed by atoms with E-state index in [2.05, 4.69) is 21.2 Å². The van der Waals surface area contributed by atoms with Crippen molar-refractivity contribution in [2.75, 3.05) is 6.61 Å². The van der Waals surface area contributed by atoms with E-state index in [-0.39, 0.29) is 18.2 Å². The molecule has 0 radical (unpaired) electrons. The predicted molar refractivity (Wildman–Crippen MR) is 105 cm³/mol. The van der Waals surface area contributed by atoms with Crippen molar-refractivity contribution in [1.29, 1.82) is 5.26 Å². The normalized spacial score (nSPS) is 12.0. The molecule has 0 aliphatic heterocycles. The number of primary amides is 1. The first-order valence-corrected chi connectivity index (χ1v) is 8.88. The number of hydrogen-bond donors (Lipinski definition) is 2. The summed E-state index contributed by atoms with van der Waals surface area (Å²) >= 11 is 3.33. The molecule has 1 atom stereocenters. The Kier molecular flexibility index (Phi) is 7.15. The summed E-state index contributed by atoms with van der Waals surface area (Å²) in [5, 5.41) is 12.2. The number of halogens is 1. The summed E-state index contributed by atoms with van der Waals surface area (Å²) in [5.74, 6) is -0.604. The maximum atomic E-state index is 12.4. The SMILES string of the molecule is CC(NC(=O)C(C#N)=Cc1ccc(OCC(N)=O)c(Br)c1)c1ccccc1. The zero-order valence-electron chi connectivity index (χ0n) is 14.6. The second-order valence-corrected chi connectivity index (χ2v) is 6.57. The minimum atomic E-state index is -0.582. The van der Waals surface area contributed by atoms with E-state index in [1.165, 1.54) is 6.08 Å². The molecule has 0 heterocycles. The Morgan fingerprint density at radius 1 is 1.30 bits per heavy atom. The van der Waals surface area contributed by atoms with Crippen LogP contribution in [0.5, 0.6) is 5.75 Å². The van der Waals surface area contributed by atoms with Gasteiger partial charge >= 0.3 is 0 Å². The summed E-state index contributed by atoms with van der Waals surface area (Å²) in [6, 6.07) is 16.2. The van der Waals surface area contributed by atoms with Gasteiger partial charge in [-0.15, -0.1) is 0 Å². The summed E-state index contributed by atoms with van der Waals surface area (Å²) in [7, 11) is 0. The van der Waals surface area contributed by atoms with Gasteiger partial charge in [0, 0.05) is 0 Å². The van der Waals surface area contributed by atoms with Gasteiger partial charge < -0.3 is 15.8 Å². The molecule has 2 rings (SSSR count). The Labute approximate surface area is 165 Å². The van der Waals surface area contributed by atoms with E-state index in [0.29, 0.717) is 15.8 Å². The second-order valence-electron chi connectivity index (χ2n) is 5.72. The minimum absolute atomic E-state index is 0.0181. The maximum absolute atomic E-state index is 12.4. The highest BCUT2D eigenvalue weighted by atomic mass is 79.9. The molecule has 138 valence electrons. The summed E-state index contributed by atoms with van der Waals surface area (Å²) in [5.41, 5.74) is 6.61. The number of hydrogen-bond acceptors (Lipinski definition) is 4. The van der Waals surface area contributed by atoms with Gasteiger partial charge in [-0.1, -0.05) is 36.4 Å². The van der Waals surface area contributed by atoms with Crippen molar-refractivity contribution in [2.24, 2.45) is 5.73 Å². The number of carbonyl (C=O) groups is 2. The Hall–Kier alpha value is -3.11. The predicted octanol–water partition coefficient (Wildman–Crippen LogP) is 3.10. The lowest BCUT2D eigenvalue weighted by atomic mass is 10.1. The average molecular weight is 428 g/mol. The molecule has 0 bridgehead atoms. The van der Waals surface area contributed by atoms with Crippen LogP contribution in [0.25, 0.3) is 6.08 Å². The Morgan fingerprint density at radius 3 is 2.59 bits per heavy atom. The van der Waals surface area contributed by atoms with Crippen molar-refractivity contribution in [3.63, 3.8) is 0 Å². The van der Waals surface area contributed by atoms with E-state index in [4.69, 9.17) is 10.5 Å². The number of nitrogens with one attached hydrogen (secondary N) is 1. The van der Waals surface area contributed by atoms with Gasteiger partial charge in [0.25, 0.3) is 11.8 Å². The number of amides is 2. The number of nitrogens with zero attached hydrogens (tertiary/aromatic N) is 1. The zero-order chi connectivity index (χ0) is 19.8. The van der Waals surface area contributed by atoms with Crippen LogP contribution in [0.1, 0.15) is 24.1 Å². The lowest BCUT2D eigenvalue weighted by Gasteiger charge is -2.13. The van der Waals surface area contributed by atoms with Crippen molar-refractivity contribution in [3.05, 3.63) is 69.7 Å². The van der Waals surface area contributed by atoms with Crippen LogP contribution in [0.3, 0.4) is 0 Å². The zero-order valence-corrected chi connectivity index (χ0v) is 16.2. The summed E-state index contributed by atoms with van der Waals surface area (Å²) in [6.45, 7) is 1.61. The molecule has 6 nitrogen and oxygen atoms in total. The van der Waals surface area contributed by atoms with Crippen LogP contribution in [0.15, 0.2) is 58.6 Å². The molecule has 0 aromatic heterocycles. The van der Waals surface area contributed by atoms with Crippen LogP contribution in [0, 0.1) is 11.3 Å². The van der Waals surface area contributed by atoms with Gasteiger partial charge in [0.15, 0.2) is 6.61 Å². The third-order valence-corrected chi connectivity index (χ3v) is 4.27. The minimum Gasteiger partial charge on any atom is -0.483 e. The van der Waals surface area contributed by atoms with Gasteiger partial charge in [0.05, 0.1) is 10.5 Å². The van der Waals surface area contributed by atoms with E-state index < -0.39 is 11.8 Å².